The van der Waals surface area contributed by atoms with Crippen LogP contribution in [-0.4, -0.2) is 41.3 Å². The number of aromatic hydroxyl groups is 2. The fraction of sp³-hybridized carbons (Fsp3) is 0.600. The molecule has 3 N–H and O–H groups in total. The minimum absolute atomic E-state index is 0.102. The molecule has 4 heteroatoms. The number of rotatable bonds is 8. The van der Waals surface area contributed by atoms with Gasteiger partial charge in [-0.25, -0.2) is 0 Å². The van der Waals surface area contributed by atoms with E-state index < -0.39 is 0 Å². The van der Waals surface area contributed by atoms with E-state index in [2.05, 4.69) is 24.1 Å². The summed E-state index contributed by atoms with van der Waals surface area (Å²) in [5.41, 5.74) is 0.899. The van der Waals surface area contributed by atoms with Crippen LogP contribution in [0, 0.1) is 0 Å². The normalized spacial score (nSPS) is 12.8. The fourth-order valence-corrected chi connectivity index (χ4v) is 2.17. The lowest BCUT2D eigenvalue weighted by Gasteiger charge is -2.21. The highest BCUT2D eigenvalue weighted by atomic mass is 16.3. The molecule has 0 radical (unpaired) electrons. The number of likely N-dealkylation sites (N-methyl/N-ethyl adjacent to an activating group) is 1. The van der Waals surface area contributed by atoms with Gasteiger partial charge in [-0.2, -0.15) is 0 Å². The Morgan fingerprint density at radius 3 is 2.26 bits per heavy atom. The first-order valence-corrected chi connectivity index (χ1v) is 7.05. The van der Waals surface area contributed by atoms with Crippen molar-refractivity contribution in [1.82, 2.24) is 10.2 Å². The van der Waals surface area contributed by atoms with Crippen LogP contribution >= 0.6 is 0 Å². The van der Waals surface area contributed by atoms with Gasteiger partial charge in [-0.3, -0.25) is 0 Å². The molecule has 1 atom stereocenters. The molecule has 19 heavy (non-hydrogen) atoms. The SMILES string of the molecule is CCCN(CC)CCNC(C)c1cc(O)cc(O)c1. The Hall–Kier alpha value is -1.26. The maximum Gasteiger partial charge on any atom is 0.119 e. The van der Waals surface area contributed by atoms with Crippen LogP contribution in [0.4, 0.5) is 0 Å². The van der Waals surface area contributed by atoms with Gasteiger partial charge in [0, 0.05) is 25.2 Å². The minimum atomic E-state index is 0.102. The van der Waals surface area contributed by atoms with Gasteiger partial charge in [0.25, 0.3) is 0 Å². The van der Waals surface area contributed by atoms with Crippen molar-refractivity contribution >= 4 is 0 Å². The van der Waals surface area contributed by atoms with Gasteiger partial charge in [-0.1, -0.05) is 13.8 Å². The smallest absolute Gasteiger partial charge is 0.119 e. The molecule has 0 heterocycles. The van der Waals surface area contributed by atoms with Crippen LogP contribution in [0.15, 0.2) is 18.2 Å². The Labute approximate surface area is 116 Å². The Morgan fingerprint density at radius 1 is 1.11 bits per heavy atom. The summed E-state index contributed by atoms with van der Waals surface area (Å²) in [6.45, 7) is 10.5. The predicted octanol–water partition coefficient (Wildman–Crippen LogP) is 2.48. The van der Waals surface area contributed by atoms with Crippen LogP contribution in [-0.2, 0) is 0 Å². The molecule has 0 spiro atoms. The van der Waals surface area contributed by atoms with Crippen molar-refractivity contribution in [2.75, 3.05) is 26.2 Å². The molecule has 0 aliphatic rings. The molecule has 0 amide bonds. The van der Waals surface area contributed by atoms with E-state index in [1.54, 1.807) is 12.1 Å². The molecule has 0 fully saturated rings. The van der Waals surface area contributed by atoms with Crippen molar-refractivity contribution in [2.24, 2.45) is 0 Å². The van der Waals surface area contributed by atoms with E-state index >= 15 is 0 Å². The molecular weight excluding hydrogens is 240 g/mol. The van der Waals surface area contributed by atoms with Crippen molar-refractivity contribution in [3.63, 3.8) is 0 Å². The summed E-state index contributed by atoms with van der Waals surface area (Å²) in [6.07, 6.45) is 1.17. The molecule has 4 nitrogen and oxygen atoms in total. The third-order valence-corrected chi connectivity index (χ3v) is 3.29. The topological polar surface area (TPSA) is 55.7 Å². The highest BCUT2D eigenvalue weighted by molar-refractivity contribution is 5.37. The molecule has 0 saturated heterocycles. The number of benzene rings is 1. The second kappa shape index (κ2) is 8.02. The van der Waals surface area contributed by atoms with Crippen LogP contribution in [0.1, 0.15) is 38.8 Å². The van der Waals surface area contributed by atoms with E-state index in [0.717, 1.165) is 31.7 Å². The van der Waals surface area contributed by atoms with Gasteiger partial charge < -0.3 is 20.4 Å². The van der Waals surface area contributed by atoms with Gasteiger partial charge in [0.15, 0.2) is 0 Å². The van der Waals surface area contributed by atoms with Gasteiger partial charge in [0.1, 0.15) is 11.5 Å². The maximum absolute atomic E-state index is 9.47. The van der Waals surface area contributed by atoms with E-state index in [0.29, 0.717) is 0 Å². The summed E-state index contributed by atoms with van der Waals surface area (Å²) in [5, 5.41) is 22.3. The van der Waals surface area contributed by atoms with E-state index in [9.17, 15) is 10.2 Å². The maximum atomic E-state index is 9.47. The standard InChI is InChI=1S/C15H26N2O2/c1-4-7-17(5-2)8-6-16-12(3)13-9-14(18)11-15(19)10-13/h9-12,16,18-19H,4-8H2,1-3H3. The van der Waals surface area contributed by atoms with E-state index in [1.165, 1.54) is 12.5 Å². The number of hydrogen-bond donors (Lipinski definition) is 3. The second-order valence-corrected chi connectivity index (χ2v) is 4.89. The molecule has 1 unspecified atom stereocenters. The molecule has 0 aromatic heterocycles. The van der Waals surface area contributed by atoms with Crippen LogP contribution in [0.2, 0.25) is 0 Å². The molecule has 0 aliphatic heterocycles. The van der Waals surface area contributed by atoms with Crippen LogP contribution in [0.5, 0.6) is 11.5 Å². The zero-order valence-corrected chi connectivity index (χ0v) is 12.2. The summed E-state index contributed by atoms with van der Waals surface area (Å²) in [5.74, 6) is 0.203. The Balaban J connectivity index is 2.44. The third-order valence-electron chi connectivity index (χ3n) is 3.29. The van der Waals surface area contributed by atoms with E-state index in [1.807, 2.05) is 6.92 Å². The molecule has 1 aromatic rings. The van der Waals surface area contributed by atoms with E-state index in [4.69, 9.17) is 0 Å². The molecule has 1 aromatic carbocycles. The highest BCUT2D eigenvalue weighted by Gasteiger charge is 2.08. The molecule has 0 bridgehead atoms. The van der Waals surface area contributed by atoms with Crippen molar-refractivity contribution in [3.05, 3.63) is 23.8 Å². The lowest BCUT2D eigenvalue weighted by atomic mass is 10.1. The average molecular weight is 266 g/mol. The number of nitrogens with zero attached hydrogens (tertiary/aromatic N) is 1. The highest BCUT2D eigenvalue weighted by Crippen LogP contribution is 2.24. The molecule has 1 rings (SSSR count). The zero-order chi connectivity index (χ0) is 14.3. The zero-order valence-electron chi connectivity index (χ0n) is 12.2. The third kappa shape index (κ3) is 5.49. The fourth-order valence-electron chi connectivity index (χ4n) is 2.17. The van der Waals surface area contributed by atoms with Crippen LogP contribution < -0.4 is 5.32 Å². The summed E-state index contributed by atoms with van der Waals surface area (Å²) < 4.78 is 0. The predicted molar refractivity (Wildman–Crippen MR) is 78.6 cm³/mol. The Morgan fingerprint density at radius 2 is 1.74 bits per heavy atom. The van der Waals surface area contributed by atoms with Crippen molar-refractivity contribution in [2.45, 2.75) is 33.2 Å². The van der Waals surface area contributed by atoms with Crippen molar-refractivity contribution in [1.29, 1.82) is 0 Å². The van der Waals surface area contributed by atoms with Gasteiger partial charge in [0.05, 0.1) is 0 Å². The first kappa shape index (κ1) is 15.8. The van der Waals surface area contributed by atoms with Gasteiger partial charge in [0.2, 0.25) is 0 Å². The minimum Gasteiger partial charge on any atom is -0.508 e. The monoisotopic (exact) mass is 266 g/mol. The quantitative estimate of drug-likeness (QED) is 0.676. The lowest BCUT2D eigenvalue weighted by Crippen LogP contribution is -2.33. The molecule has 0 saturated carbocycles. The molecule has 0 aliphatic carbocycles. The first-order chi connectivity index (χ1) is 9.06. The molecule has 108 valence electrons. The van der Waals surface area contributed by atoms with Gasteiger partial charge in [-0.15, -0.1) is 0 Å². The summed E-state index contributed by atoms with van der Waals surface area (Å²) in [7, 11) is 0. The Bertz CT molecular complexity index is 362. The van der Waals surface area contributed by atoms with Crippen LogP contribution in [0.25, 0.3) is 0 Å². The van der Waals surface area contributed by atoms with E-state index in [-0.39, 0.29) is 17.5 Å². The second-order valence-electron chi connectivity index (χ2n) is 4.89. The largest absolute Gasteiger partial charge is 0.508 e. The summed E-state index contributed by atoms with van der Waals surface area (Å²) >= 11 is 0. The van der Waals surface area contributed by atoms with Gasteiger partial charge >= 0.3 is 0 Å². The number of nitrogens with one attached hydrogen (secondary N) is 1. The number of phenols is 2. The first-order valence-electron chi connectivity index (χ1n) is 7.05. The van der Waals surface area contributed by atoms with Crippen LogP contribution in [0.3, 0.4) is 0 Å². The lowest BCUT2D eigenvalue weighted by molar-refractivity contribution is 0.284. The Kier molecular flexibility index (Phi) is 6.67. The molecular formula is C15H26N2O2. The van der Waals surface area contributed by atoms with Crippen molar-refractivity contribution < 1.29 is 10.2 Å². The number of hydrogen-bond acceptors (Lipinski definition) is 4. The van der Waals surface area contributed by atoms with Crippen molar-refractivity contribution in [3.8, 4) is 11.5 Å². The van der Waals surface area contributed by atoms with Gasteiger partial charge in [-0.05, 0) is 44.1 Å². The summed E-state index contributed by atoms with van der Waals surface area (Å²) in [4.78, 5) is 2.40. The summed E-state index contributed by atoms with van der Waals surface area (Å²) in [6, 6.07) is 4.82. The number of phenolic OH excluding ortho intramolecular Hbond substituents is 2. The average Bonchev–Trinajstić information content (AvgIpc) is 2.36.